The predicted octanol–water partition coefficient (Wildman–Crippen LogP) is 0.734. The molecule has 2 aromatic rings. The number of nitrogens with zero attached hydrogens (tertiary/aromatic N) is 6. The second-order valence-electron chi connectivity index (χ2n) is 5.53. The molecular weight excluding hydrogens is 296 g/mol. The van der Waals surface area contributed by atoms with E-state index in [9.17, 15) is 4.79 Å². The summed E-state index contributed by atoms with van der Waals surface area (Å²) in [6, 6.07) is 0. The molecule has 0 radical (unpaired) electrons. The number of piperidine rings is 1. The summed E-state index contributed by atoms with van der Waals surface area (Å²) >= 11 is 0. The normalized spacial score (nSPS) is 15.8. The van der Waals surface area contributed by atoms with Crippen molar-refractivity contribution in [2.45, 2.75) is 25.3 Å². The molecule has 0 N–H and O–H groups in total. The molecule has 0 aromatic carbocycles. The molecule has 122 valence electrons. The van der Waals surface area contributed by atoms with Crippen LogP contribution in [0.15, 0.2) is 24.9 Å². The summed E-state index contributed by atoms with van der Waals surface area (Å²) < 4.78 is 7.15. The number of carbonyl (C=O) groups is 1. The van der Waals surface area contributed by atoms with Crippen molar-refractivity contribution in [3.8, 4) is 0 Å². The predicted molar refractivity (Wildman–Crippen MR) is 81.8 cm³/mol. The van der Waals surface area contributed by atoms with Crippen molar-refractivity contribution >= 4 is 5.91 Å². The van der Waals surface area contributed by atoms with Crippen LogP contribution >= 0.6 is 0 Å². The van der Waals surface area contributed by atoms with Gasteiger partial charge in [-0.25, -0.2) is 4.98 Å². The topological polar surface area (TPSA) is 86.0 Å². The lowest BCUT2D eigenvalue weighted by molar-refractivity contribution is 0.0703. The molecule has 1 saturated heterocycles. The van der Waals surface area contributed by atoms with Crippen LogP contribution in [0.25, 0.3) is 0 Å². The van der Waals surface area contributed by atoms with Crippen molar-refractivity contribution < 1.29 is 9.53 Å². The second-order valence-corrected chi connectivity index (χ2v) is 5.53. The van der Waals surface area contributed by atoms with Crippen LogP contribution in [0.5, 0.6) is 0 Å². The van der Waals surface area contributed by atoms with E-state index in [0.717, 1.165) is 25.2 Å². The average Bonchev–Trinajstić information content (AvgIpc) is 3.08. The number of amides is 1. The maximum absolute atomic E-state index is 12.4. The van der Waals surface area contributed by atoms with Gasteiger partial charge in [0.1, 0.15) is 17.8 Å². The number of hydrogen-bond acceptors (Lipinski definition) is 6. The van der Waals surface area contributed by atoms with Gasteiger partial charge in [-0.2, -0.15) is 0 Å². The van der Waals surface area contributed by atoms with E-state index < -0.39 is 0 Å². The zero-order chi connectivity index (χ0) is 16.1. The minimum atomic E-state index is -0.0580. The quantitative estimate of drug-likeness (QED) is 0.808. The van der Waals surface area contributed by atoms with E-state index in [1.165, 1.54) is 12.4 Å². The number of ether oxygens (including phenoxy) is 1. The Balaban J connectivity index is 1.60. The first kappa shape index (κ1) is 15.5. The first-order valence-electron chi connectivity index (χ1n) is 7.71. The van der Waals surface area contributed by atoms with Crippen LogP contribution in [0, 0.1) is 0 Å². The summed E-state index contributed by atoms with van der Waals surface area (Å²) in [6.45, 7) is 2.76. The first-order chi connectivity index (χ1) is 11.3. The minimum absolute atomic E-state index is 0.0580. The Labute approximate surface area is 134 Å². The lowest BCUT2D eigenvalue weighted by Gasteiger charge is -2.31. The standard InChI is InChI=1S/C15H20N6O2/c1-23-9-8-21-11-18-19-14(21)12-2-6-20(7-3-12)15(22)13-10-16-4-5-17-13/h4-5,10-12H,2-3,6-9H2,1H3. The molecule has 2 aromatic heterocycles. The van der Waals surface area contributed by atoms with Crippen LogP contribution in [0.2, 0.25) is 0 Å². The molecule has 1 aliphatic heterocycles. The van der Waals surface area contributed by atoms with Crippen LogP contribution in [0.3, 0.4) is 0 Å². The number of aromatic nitrogens is 5. The van der Waals surface area contributed by atoms with E-state index >= 15 is 0 Å². The minimum Gasteiger partial charge on any atom is -0.383 e. The van der Waals surface area contributed by atoms with Gasteiger partial charge in [-0.05, 0) is 12.8 Å². The van der Waals surface area contributed by atoms with Crippen LogP contribution in [-0.4, -0.2) is 62.3 Å². The van der Waals surface area contributed by atoms with Crippen molar-refractivity contribution in [1.29, 1.82) is 0 Å². The highest BCUT2D eigenvalue weighted by atomic mass is 16.5. The van der Waals surface area contributed by atoms with Crippen molar-refractivity contribution in [3.63, 3.8) is 0 Å². The van der Waals surface area contributed by atoms with Crippen molar-refractivity contribution in [2.24, 2.45) is 0 Å². The Hall–Kier alpha value is -2.35. The molecule has 0 unspecified atom stereocenters. The van der Waals surface area contributed by atoms with Gasteiger partial charge in [0.2, 0.25) is 0 Å². The summed E-state index contributed by atoms with van der Waals surface area (Å²) in [6.07, 6.45) is 8.10. The number of carbonyl (C=O) groups excluding carboxylic acids is 1. The van der Waals surface area contributed by atoms with Gasteiger partial charge in [0.25, 0.3) is 5.91 Å². The molecular formula is C15H20N6O2. The highest BCUT2D eigenvalue weighted by molar-refractivity contribution is 5.92. The highest BCUT2D eigenvalue weighted by Gasteiger charge is 2.27. The monoisotopic (exact) mass is 316 g/mol. The molecule has 1 amide bonds. The third-order valence-corrected chi connectivity index (χ3v) is 4.11. The van der Waals surface area contributed by atoms with Gasteiger partial charge in [0, 0.05) is 45.1 Å². The number of methoxy groups -OCH3 is 1. The maximum Gasteiger partial charge on any atom is 0.274 e. The van der Waals surface area contributed by atoms with Gasteiger partial charge >= 0.3 is 0 Å². The largest absolute Gasteiger partial charge is 0.383 e. The molecule has 23 heavy (non-hydrogen) atoms. The Morgan fingerprint density at radius 2 is 2.17 bits per heavy atom. The van der Waals surface area contributed by atoms with Crippen molar-refractivity contribution in [2.75, 3.05) is 26.8 Å². The van der Waals surface area contributed by atoms with E-state index in [0.29, 0.717) is 31.3 Å². The van der Waals surface area contributed by atoms with E-state index in [-0.39, 0.29) is 5.91 Å². The zero-order valence-electron chi connectivity index (χ0n) is 13.1. The van der Waals surface area contributed by atoms with Gasteiger partial charge < -0.3 is 14.2 Å². The summed E-state index contributed by atoms with van der Waals surface area (Å²) in [5.41, 5.74) is 0.397. The third kappa shape index (κ3) is 3.53. The molecule has 3 heterocycles. The van der Waals surface area contributed by atoms with Gasteiger partial charge in [-0.15, -0.1) is 10.2 Å². The van der Waals surface area contributed by atoms with Crippen molar-refractivity contribution in [1.82, 2.24) is 29.6 Å². The van der Waals surface area contributed by atoms with Gasteiger partial charge in [-0.1, -0.05) is 0 Å². The lowest BCUT2D eigenvalue weighted by Crippen LogP contribution is -2.38. The molecule has 0 bridgehead atoms. The molecule has 1 aliphatic rings. The smallest absolute Gasteiger partial charge is 0.274 e. The summed E-state index contributed by atoms with van der Waals surface area (Å²) in [4.78, 5) is 22.2. The summed E-state index contributed by atoms with van der Waals surface area (Å²) in [5, 5.41) is 8.26. The number of likely N-dealkylation sites (tertiary alicyclic amines) is 1. The molecule has 8 nitrogen and oxygen atoms in total. The van der Waals surface area contributed by atoms with E-state index in [2.05, 4.69) is 20.2 Å². The molecule has 8 heteroatoms. The summed E-state index contributed by atoms with van der Waals surface area (Å²) in [7, 11) is 1.68. The Morgan fingerprint density at radius 3 is 2.87 bits per heavy atom. The van der Waals surface area contributed by atoms with E-state index in [4.69, 9.17) is 4.74 Å². The summed E-state index contributed by atoms with van der Waals surface area (Å²) in [5.74, 6) is 1.24. The van der Waals surface area contributed by atoms with E-state index in [1.54, 1.807) is 19.6 Å². The zero-order valence-corrected chi connectivity index (χ0v) is 13.1. The van der Waals surface area contributed by atoms with Gasteiger partial charge in [-0.3, -0.25) is 9.78 Å². The Kier molecular flexibility index (Phi) is 4.92. The molecule has 0 aliphatic carbocycles. The SMILES string of the molecule is COCCn1cnnc1C1CCN(C(=O)c2cnccn2)CC1. The average molecular weight is 316 g/mol. The van der Waals surface area contributed by atoms with Crippen LogP contribution in [-0.2, 0) is 11.3 Å². The fourth-order valence-electron chi connectivity index (χ4n) is 2.85. The first-order valence-corrected chi connectivity index (χ1v) is 7.71. The molecule has 0 spiro atoms. The fraction of sp³-hybridized carbons (Fsp3) is 0.533. The van der Waals surface area contributed by atoms with Crippen LogP contribution < -0.4 is 0 Å². The van der Waals surface area contributed by atoms with Crippen LogP contribution in [0.4, 0.5) is 0 Å². The molecule has 0 atom stereocenters. The second kappa shape index (κ2) is 7.28. The highest BCUT2D eigenvalue weighted by Crippen LogP contribution is 2.27. The molecule has 1 fully saturated rings. The van der Waals surface area contributed by atoms with Crippen molar-refractivity contribution in [3.05, 3.63) is 36.4 Å². The van der Waals surface area contributed by atoms with Gasteiger partial charge in [0.05, 0.1) is 12.8 Å². The van der Waals surface area contributed by atoms with Gasteiger partial charge in [0.15, 0.2) is 0 Å². The number of hydrogen-bond donors (Lipinski definition) is 0. The Bertz CT molecular complexity index is 636. The maximum atomic E-state index is 12.4. The lowest BCUT2D eigenvalue weighted by atomic mass is 9.95. The Morgan fingerprint density at radius 1 is 1.35 bits per heavy atom. The molecule has 3 rings (SSSR count). The number of rotatable bonds is 5. The molecule has 0 saturated carbocycles. The van der Waals surface area contributed by atoms with Crippen LogP contribution in [0.1, 0.15) is 35.1 Å². The fourth-order valence-corrected chi connectivity index (χ4v) is 2.85. The third-order valence-electron chi connectivity index (χ3n) is 4.11. The van der Waals surface area contributed by atoms with E-state index in [1.807, 2.05) is 9.47 Å².